The highest BCUT2D eigenvalue weighted by Crippen LogP contribution is 2.28. The molecule has 0 atom stereocenters. The molecular weight excluding hydrogens is 407 g/mol. The molecule has 0 fully saturated rings. The second-order valence-electron chi connectivity index (χ2n) is 5.73. The van der Waals surface area contributed by atoms with Gasteiger partial charge in [0.05, 0.1) is 21.8 Å². The summed E-state index contributed by atoms with van der Waals surface area (Å²) in [5.41, 5.74) is -0.174. The summed E-state index contributed by atoms with van der Waals surface area (Å²) in [4.78, 5) is 12.0. The Morgan fingerprint density at radius 1 is 1.00 bits per heavy atom. The maximum Gasteiger partial charge on any atom is 0.261 e. The van der Waals surface area contributed by atoms with Crippen LogP contribution in [0.4, 0.5) is 15.8 Å². The van der Waals surface area contributed by atoms with Crippen LogP contribution in [0.15, 0.2) is 71.6 Å². The molecule has 0 aliphatic rings. The van der Waals surface area contributed by atoms with Gasteiger partial charge in [0.15, 0.2) is 0 Å². The molecule has 0 saturated heterocycles. The average molecular weight is 421 g/mol. The van der Waals surface area contributed by atoms with Gasteiger partial charge in [0.25, 0.3) is 15.9 Å². The van der Waals surface area contributed by atoms with Gasteiger partial charge in [-0.1, -0.05) is 29.8 Å². The fourth-order valence-electron chi connectivity index (χ4n) is 2.38. The quantitative estimate of drug-likeness (QED) is 0.538. The first-order valence-corrected chi connectivity index (χ1v) is 9.80. The van der Waals surface area contributed by atoms with Crippen LogP contribution in [0.2, 0.25) is 5.02 Å². The van der Waals surface area contributed by atoms with Crippen molar-refractivity contribution >= 4 is 38.9 Å². The zero-order valence-corrected chi connectivity index (χ0v) is 15.8. The Bertz CT molecular complexity index is 1150. The average Bonchev–Trinajstić information content (AvgIpc) is 2.63. The van der Waals surface area contributed by atoms with E-state index in [2.05, 4.69) is 10.0 Å². The first-order valence-electron chi connectivity index (χ1n) is 7.93. The minimum absolute atomic E-state index is 0.178. The van der Waals surface area contributed by atoms with Gasteiger partial charge in [-0.2, -0.15) is 0 Å². The van der Waals surface area contributed by atoms with Crippen molar-refractivity contribution in [2.75, 3.05) is 10.0 Å². The third kappa shape index (κ3) is 4.41. The highest BCUT2D eigenvalue weighted by molar-refractivity contribution is 7.92. The highest BCUT2D eigenvalue weighted by atomic mass is 35.5. The minimum Gasteiger partial charge on any atom is -0.506 e. The first kappa shape index (κ1) is 19.7. The molecule has 0 radical (unpaired) electrons. The van der Waals surface area contributed by atoms with Gasteiger partial charge in [-0.15, -0.1) is 0 Å². The van der Waals surface area contributed by atoms with E-state index in [0.717, 1.165) is 18.2 Å². The largest absolute Gasteiger partial charge is 0.506 e. The molecule has 3 rings (SSSR count). The second kappa shape index (κ2) is 7.87. The summed E-state index contributed by atoms with van der Waals surface area (Å²) in [5, 5.41) is 12.6. The Kier molecular flexibility index (Phi) is 5.53. The molecule has 0 heterocycles. The molecule has 3 aromatic rings. The fourth-order valence-corrected chi connectivity index (χ4v) is 3.65. The number of carbonyl (C=O) groups excluding carboxylic acids is 1. The maximum absolute atomic E-state index is 13.7. The Morgan fingerprint density at radius 2 is 1.75 bits per heavy atom. The lowest BCUT2D eigenvalue weighted by Crippen LogP contribution is -2.16. The van der Waals surface area contributed by atoms with Gasteiger partial charge in [-0.25, -0.2) is 12.8 Å². The van der Waals surface area contributed by atoms with Crippen LogP contribution in [0.1, 0.15) is 10.4 Å². The van der Waals surface area contributed by atoms with Crippen LogP contribution in [-0.4, -0.2) is 19.4 Å². The topological polar surface area (TPSA) is 95.5 Å². The van der Waals surface area contributed by atoms with E-state index >= 15 is 0 Å². The van der Waals surface area contributed by atoms with Crippen molar-refractivity contribution in [3.8, 4) is 5.75 Å². The number of hydrogen-bond donors (Lipinski definition) is 3. The van der Waals surface area contributed by atoms with Crippen LogP contribution >= 0.6 is 11.6 Å². The van der Waals surface area contributed by atoms with Crippen LogP contribution in [0.25, 0.3) is 0 Å². The monoisotopic (exact) mass is 420 g/mol. The molecule has 0 saturated carbocycles. The van der Waals surface area contributed by atoms with Gasteiger partial charge in [-0.05, 0) is 48.5 Å². The second-order valence-corrected chi connectivity index (χ2v) is 7.85. The molecule has 0 unspecified atom stereocenters. The lowest BCUT2D eigenvalue weighted by molar-refractivity contribution is 0.102. The first-order chi connectivity index (χ1) is 13.3. The van der Waals surface area contributed by atoms with Crippen molar-refractivity contribution in [3.05, 3.63) is 83.1 Å². The van der Waals surface area contributed by atoms with Crippen molar-refractivity contribution in [1.29, 1.82) is 0 Å². The predicted molar refractivity (Wildman–Crippen MR) is 105 cm³/mol. The van der Waals surface area contributed by atoms with E-state index in [1.54, 1.807) is 12.1 Å². The normalized spacial score (nSPS) is 11.1. The van der Waals surface area contributed by atoms with Gasteiger partial charge in [-0.3, -0.25) is 9.52 Å². The number of carbonyl (C=O) groups is 1. The summed E-state index contributed by atoms with van der Waals surface area (Å²) in [5.74, 6) is -1.94. The standard InChI is InChI=1S/C19H14ClFN2O4S/c20-12-4-3-5-13(10-12)23-28(26,27)14-8-9-18(24)17(11-14)22-19(25)15-6-1-2-7-16(15)21/h1-11,23-24H,(H,22,25). The van der Waals surface area contributed by atoms with Crippen molar-refractivity contribution < 1.29 is 22.7 Å². The Morgan fingerprint density at radius 3 is 2.46 bits per heavy atom. The number of phenolic OH excluding ortho intramolecular Hbond substituents is 1. The number of anilines is 2. The van der Waals surface area contributed by atoms with E-state index in [1.807, 2.05) is 0 Å². The number of amides is 1. The summed E-state index contributed by atoms with van der Waals surface area (Å²) in [6.07, 6.45) is 0. The number of phenols is 1. The Labute approximate surface area is 165 Å². The third-order valence-corrected chi connectivity index (χ3v) is 5.34. The van der Waals surface area contributed by atoms with E-state index in [0.29, 0.717) is 5.02 Å². The SMILES string of the molecule is O=C(Nc1cc(S(=O)(=O)Nc2cccc(Cl)c2)ccc1O)c1ccccc1F. The summed E-state index contributed by atoms with van der Waals surface area (Å²) in [6, 6.07) is 14.8. The molecule has 0 aliphatic carbocycles. The van der Waals surface area contributed by atoms with Crippen LogP contribution in [-0.2, 0) is 10.0 Å². The van der Waals surface area contributed by atoms with E-state index in [9.17, 15) is 22.7 Å². The van der Waals surface area contributed by atoms with Gasteiger partial charge in [0.2, 0.25) is 0 Å². The minimum atomic E-state index is -4.02. The van der Waals surface area contributed by atoms with Crippen molar-refractivity contribution in [3.63, 3.8) is 0 Å². The molecular formula is C19H14ClFN2O4S. The molecule has 144 valence electrons. The summed E-state index contributed by atoms with van der Waals surface area (Å²) in [7, 11) is -4.02. The fraction of sp³-hybridized carbons (Fsp3) is 0. The zero-order chi connectivity index (χ0) is 20.3. The molecule has 28 heavy (non-hydrogen) atoms. The number of nitrogens with one attached hydrogen (secondary N) is 2. The number of sulfonamides is 1. The Balaban J connectivity index is 1.88. The van der Waals surface area contributed by atoms with Crippen LogP contribution in [0, 0.1) is 5.82 Å². The summed E-state index contributed by atoms with van der Waals surface area (Å²) >= 11 is 5.85. The lowest BCUT2D eigenvalue weighted by atomic mass is 10.2. The number of rotatable bonds is 5. The van der Waals surface area contributed by atoms with Crippen LogP contribution in [0.5, 0.6) is 5.75 Å². The lowest BCUT2D eigenvalue weighted by Gasteiger charge is -2.12. The van der Waals surface area contributed by atoms with E-state index in [1.165, 1.54) is 36.4 Å². The molecule has 3 aromatic carbocycles. The highest BCUT2D eigenvalue weighted by Gasteiger charge is 2.19. The number of aromatic hydroxyl groups is 1. The van der Waals surface area contributed by atoms with Gasteiger partial charge in [0.1, 0.15) is 11.6 Å². The maximum atomic E-state index is 13.7. The third-order valence-electron chi connectivity index (χ3n) is 3.72. The van der Waals surface area contributed by atoms with Crippen LogP contribution in [0.3, 0.4) is 0 Å². The number of benzene rings is 3. The summed E-state index contributed by atoms with van der Waals surface area (Å²) in [6.45, 7) is 0. The smallest absolute Gasteiger partial charge is 0.261 e. The summed E-state index contributed by atoms with van der Waals surface area (Å²) < 4.78 is 41.3. The van der Waals surface area contributed by atoms with Crippen molar-refractivity contribution in [2.45, 2.75) is 4.90 Å². The van der Waals surface area contributed by atoms with E-state index < -0.39 is 21.7 Å². The number of halogens is 2. The van der Waals surface area contributed by atoms with E-state index in [4.69, 9.17) is 11.6 Å². The van der Waals surface area contributed by atoms with Crippen molar-refractivity contribution in [2.24, 2.45) is 0 Å². The molecule has 3 N–H and O–H groups in total. The molecule has 0 bridgehead atoms. The predicted octanol–water partition coefficient (Wildman–Crippen LogP) is 4.24. The van der Waals surface area contributed by atoms with E-state index in [-0.39, 0.29) is 27.6 Å². The molecule has 0 aromatic heterocycles. The Hall–Kier alpha value is -3.10. The molecule has 0 aliphatic heterocycles. The van der Waals surface area contributed by atoms with Gasteiger partial charge in [0, 0.05) is 5.02 Å². The molecule has 6 nitrogen and oxygen atoms in total. The van der Waals surface area contributed by atoms with Gasteiger partial charge < -0.3 is 10.4 Å². The van der Waals surface area contributed by atoms with Crippen LogP contribution < -0.4 is 10.0 Å². The molecule has 0 spiro atoms. The number of hydrogen-bond acceptors (Lipinski definition) is 4. The molecule has 9 heteroatoms. The van der Waals surface area contributed by atoms with Gasteiger partial charge >= 0.3 is 0 Å². The molecule has 1 amide bonds. The zero-order valence-electron chi connectivity index (χ0n) is 14.2. The van der Waals surface area contributed by atoms with Crippen molar-refractivity contribution in [1.82, 2.24) is 0 Å².